The van der Waals surface area contributed by atoms with Gasteiger partial charge in [0.25, 0.3) is 0 Å². The first kappa shape index (κ1) is 18.9. The van der Waals surface area contributed by atoms with Gasteiger partial charge in [-0.05, 0) is 61.7 Å². The van der Waals surface area contributed by atoms with Gasteiger partial charge in [-0.2, -0.15) is 0 Å². The predicted octanol–water partition coefficient (Wildman–Crippen LogP) is 6.78. The van der Waals surface area contributed by atoms with E-state index >= 15 is 0 Å². The smallest absolute Gasteiger partial charge is 0.147 e. The summed E-state index contributed by atoms with van der Waals surface area (Å²) in [5.74, 6) is -4.08. The third-order valence-corrected chi connectivity index (χ3v) is 4.28. The van der Waals surface area contributed by atoms with Gasteiger partial charge in [0.05, 0.1) is 17.1 Å². The molecule has 0 amide bonds. The number of halogens is 5. The molecule has 0 aliphatic heterocycles. The first-order valence-electron chi connectivity index (χ1n) is 8.16. The second kappa shape index (κ2) is 7.02. The molecule has 140 valence electrons. The largest absolute Gasteiger partial charge is 0.302 e. The second-order valence-corrected chi connectivity index (χ2v) is 6.40. The zero-order valence-electron chi connectivity index (χ0n) is 14.9. The maximum absolute atomic E-state index is 14.6. The Labute approximate surface area is 153 Å². The minimum absolute atomic E-state index is 0.0381. The first-order valence-corrected chi connectivity index (χ1v) is 8.16. The van der Waals surface area contributed by atoms with Crippen molar-refractivity contribution in [3.05, 3.63) is 88.2 Å². The van der Waals surface area contributed by atoms with Crippen molar-refractivity contribution in [3.8, 4) is 0 Å². The summed E-state index contributed by atoms with van der Waals surface area (Å²) < 4.78 is 72.1. The van der Waals surface area contributed by atoms with Gasteiger partial charge < -0.3 is 4.90 Å². The topological polar surface area (TPSA) is 3.24 Å². The molecule has 0 bridgehead atoms. The van der Waals surface area contributed by atoms with E-state index in [-0.39, 0.29) is 16.8 Å². The minimum atomic E-state index is -0.894. The molecule has 27 heavy (non-hydrogen) atoms. The Bertz CT molecular complexity index is 972. The van der Waals surface area contributed by atoms with Crippen LogP contribution in [0.2, 0.25) is 0 Å². The summed E-state index contributed by atoms with van der Waals surface area (Å²) in [6, 6.07) is 7.53. The van der Waals surface area contributed by atoms with Crippen LogP contribution in [0.5, 0.6) is 0 Å². The molecule has 0 aromatic heterocycles. The average Bonchev–Trinajstić information content (AvgIpc) is 2.58. The molecule has 0 unspecified atom stereocenters. The molecule has 0 spiro atoms. The lowest BCUT2D eigenvalue weighted by molar-refractivity contribution is 0.583. The molecule has 1 nitrogen and oxygen atoms in total. The van der Waals surface area contributed by atoms with Crippen molar-refractivity contribution in [2.75, 3.05) is 4.90 Å². The fraction of sp³-hybridized carbons (Fsp3) is 0.143. The Hall–Kier alpha value is -2.89. The Kier molecular flexibility index (Phi) is 4.91. The summed E-state index contributed by atoms with van der Waals surface area (Å²) >= 11 is 0. The van der Waals surface area contributed by atoms with E-state index in [1.54, 1.807) is 6.92 Å². The van der Waals surface area contributed by atoms with E-state index in [4.69, 9.17) is 0 Å². The fourth-order valence-electron chi connectivity index (χ4n) is 2.80. The molecule has 0 saturated carbocycles. The van der Waals surface area contributed by atoms with E-state index in [0.29, 0.717) is 5.56 Å². The summed E-state index contributed by atoms with van der Waals surface area (Å²) in [6.45, 7) is 4.38. The molecule has 3 rings (SSSR count). The Balaban J connectivity index is 2.34. The number of hydrogen-bond acceptors (Lipinski definition) is 1. The van der Waals surface area contributed by atoms with Crippen LogP contribution in [0.4, 0.5) is 39.0 Å². The van der Waals surface area contributed by atoms with Gasteiger partial charge in [0.2, 0.25) is 0 Å². The van der Waals surface area contributed by atoms with Gasteiger partial charge >= 0.3 is 0 Å². The highest BCUT2D eigenvalue weighted by Crippen LogP contribution is 2.40. The van der Waals surface area contributed by atoms with E-state index < -0.39 is 40.5 Å². The second-order valence-electron chi connectivity index (χ2n) is 6.40. The van der Waals surface area contributed by atoms with E-state index in [1.807, 2.05) is 0 Å². The van der Waals surface area contributed by atoms with Crippen LogP contribution in [0.1, 0.15) is 16.7 Å². The molecular weight excluding hydrogens is 361 g/mol. The lowest BCUT2D eigenvalue weighted by Crippen LogP contribution is -2.16. The lowest BCUT2D eigenvalue weighted by atomic mass is 10.1. The summed E-state index contributed by atoms with van der Waals surface area (Å²) in [4.78, 5) is 0.838. The third kappa shape index (κ3) is 3.52. The van der Waals surface area contributed by atoms with Gasteiger partial charge in [0.1, 0.15) is 29.1 Å². The molecule has 3 aromatic carbocycles. The van der Waals surface area contributed by atoms with Gasteiger partial charge in [-0.25, -0.2) is 22.0 Å². The Morgan fingerprint density at radius 3 is 1.41 bits per heavy atom. The van der Waals surface area contributed by atoms with Crippen molar-refractivity contribution in [1.29, 1.82) is 0 Å². The van der Waals surface area contributed by atoms with Crippen LogP contribution in [0, 0.1) is 49.9 Å². The molecule has 0 aliphatic rings. The zero-order chi connectivity index (χ0) is 19.9. The molecule has 0 radical (unpaired) electrons. The normalized spacial score (nSPS) is 11.0. The fourth-order valence-corrected chi connectivity index (χ4v) is 2.80. The Morgan fingerprint density at radius 1 is 0.519 bits per heavy atom. The molecule has 0 fully saturated rings. The van der Waals surface area contributed by atoms with E-state index in [9.17, 15) is 22.0 Å². The Morgan fingerprint density at radius 2 is 0.963 bits per heavy atom. The molecule has 6 heteroatoms. The quantitative estimate of drug-likeness (QED) is 0.455. The highest BCUT2D eigenvalue weighted by molar-refractivity contribution is 5.78. The number of anilines is 3. The van der Waals surface area contributed by atoms with Crippen molar-refractivity contribution >= 4 is 17.1 Å². The summed E-state index contributed by atoms with van der Waals surface area (Å²) in [5.41, 5.74) is -0.425. The molecule has 0 atom stereocenters. The van der Waals surface area contributed by atoms with Crippen LogP contribution in [0.3, 0.4) is 0 Å². The molecule has 0 saturated heterocycles. The van der Waals surface area contributed by atoms with Gasteiger partial charge in [-0.1, -0.05) is 6.07 Å². The van der Waals surface area contributed by atoms with E-state index in [0.717, 1.165) is 29.2 Å². The molecule has 0 N–H and O–H groups in total. The van der Waals surface area contributed by atoms with Crippen LogP contribution < -0.4 is 4.90 Å². The van der Waals surface area contributed by atoms with Gasteiger partial charge in [0.15, 0.2) is 0 Å². The zero-order valence-corrected chi connectivity index (χ0v) is 14.9. The highest BCUT2D eigenvalue weighted by atomic mass is 19.1. The summed E-state index contributed by atoms with van der Waals surface area (Å²) in [5, 5.41) is 0. The van der Waals surface area contributed by atoms with Gasteiger partial charge in [-0.3, -0.25) is 0 Å². The predicted molar refractivity (Wildman–Crippen MR) is 95.1 cm³/mol. The molecule has 3 aromatic rings. The number of aryl methyl sites for hydroxylation is 3. The van der Waals surface area contributed by atoms with Crippen molar-refractivity contribution in [2.45, 2.75) is 20.8 Å². The van der Waals surface area contributed by atoms with Gasteiger partial charge in [-0.15, -0.1) is 0 Å². The van der Waals surface area contributed by atoms with Gasteiger partial charge in [0, 0.05) is 12.1 Å². The van der Waals surface area contributed by atoms with Crippen molar-refractivity contribution in [2.24, 2.45) is 0 Å². The number of hydrogen-bond donors (Lipinski definition) is 0. The number of nitrogens with zero attached hydrogens (tertiary/aromatic N) is 1. The monoisotopic (exact) mass is 377 g/mol. The molecular formula is C21H16F5N. The molecule has 0 aliphatic carbocycles. The maximum Gasteiger partial charge on any atom is 0.147 e. The SMILES string of the molecule is Cc1ccc(N(c2cc(F)c(C)cc2F)c2cc(F)c(C)cc2F)c(F)c1. The molecule has 0 heterocycles. The number of rotatable bonds is 3. The maximum atomic E-state index is 14.6. The number of benzene rings is 3. The average molecular weight is 377 g/mol. The highest BCUT2D eigenvalue weighted by Gasteiger charge is 2.24. The summed E-state index contributed by atoms with van der Waals surface area (Å²) in [7, 11) is 0. The van der Waals surface area contributed by atoms with Crippen LogP contribution in [0.25, 0.3) is 0 Å². The van der Waals surface area contributed by atoms with Crippen molar-refractivity contribution in [1.82, 2.24) is 0 Å². The van der Waals surface area contributed by atoms with Crippen LogP contribution in [0.15, 0.2) is 42.5 Å². The van der Waals surface area contributed by atoms with Crippen molar-refractivity contribution < 1.29 is 22.0 Å². The summed E-state index contributed by atoms with van der Waals surface area (Å²) in [6.07, 6.45) is 0. The minimum Gasteiger partial charge on any atom is -0.302 e. The standard InChI is InChI=1S/C21H16F5N/c1-11-4-5-19(16(24)6-11)27(20-9-14(22)12(2)7-17(20)25)21-10-15(23)13(3)8-18(21)26/h4-10H,1-3H3. The van der Waals surface area contributed by atoms with E-state index in [2.05, 4.69) is 0 Å². The van der Waals surface area contributed by atoms with Crippen LogP contribution in [-0.4, -0.2) is 0 Å². The first-order chi connectivity index (χ1) is 12.7. The third-order valence-electron chi connectivity index (χ3n) is 4.28. The van der Waals surface area contributed by atoms with Crippen molar-refractivity contribution in [3.63, 3.8) is 0 Å². The van der Waals surface area contributed by atoms with Crippen LogP contribution in [-0.2, 0) is 0 Å². The van der Waals surface area contributed by atoms with Crippen LogP contribution >= 0.6 is 0 Å². The van der Waals surface area contributed by atoms with E-state index in [1.165, 1.54) is 32.0 Å². The lowest BCUT2D eigenvalue weighted by Gasteiger charge is -2.27.